The first-order valence-electron chi connectivity index (χ1n) is 8.74. The molecule has 0 radical (unpaired) electrons. The second kappa shape index (κ2) is 7.89. The number of anilines is 1. The highest BCUT2D eigenvalue weighted by atomic mass is 79.9. The molecule has 29 heavy (non-hydrogen) atoms. The van der Waals surface area contributed by atoms with E-state index >= 15 is 0 Å². The Morgan fingerprint density at radius 2 is 1.72 bits per heavy atom. The summed E-state index contributed by atoms with van der Waals surface area (Å²) in [6, 6.07) is 19.3. The van der Waals surface area contributed by atoms with Crippen LogP contribution in [0.15, 0.2) is 75.6 Å². The molecule has 4 aromatic rings. The molecule has 1 aromatic heterocycles. The monoisotopic (exact) mass is 450 g/mol. The second-order valence-corrected chi connectivity index (χ2v) is 7.20. The van der Waals surface area contributed by atoms with Crippen molar-refractivity contribution in [3.05, 3.63) is 76.8 Å². The third kappa shape index (κ3) is 4.35. The van der Waals surface area contributed by atoms with E-state index in [1.54, 1.807) is 42.5 Å². The number of aromatic nitrogens is 1. The predicted molar refractivity (Wildman–Crippen MR) is 113 cm³/mol. The molecular weight excluding hydrogens is 436 g/mol. The summed E-state index contributed by atoms with van der Waals surface area (Å²) >= 11 is 3.41. The van der Waals surface area contributed by atoms with Crippen molar-refractivity contribution >= 4 is 44.6 Å². The largest absolute Gasteiger partial charge is 0.436 e. The van der Waals surface area contributed by atoms with Crippen molar-refractivity contribution < 1.29 is 18.7 Å². The van der Waals surface area contributed by atoms with E-state index in [4.69, 9.17) is 9.15 Å². The molecule has 1 heterocycles. The number of fused-ring (bicyclic) bond motifs is 1. The lowest BCUT2D eigenvalue weighted by Gasteiger charge is -2.06. The number of hydrogen-bond donors (Lipinski definition) is 1. The number of hydrogen-bond acceptors (Lipinski definition) is 5. The molecule has 144 valence electrons. The van der Waals surface area contributed by atoms with Gasteiger partial charge in [-0.1, -0.05) is 15.9 Å². The molecule has 4 rings (SSSR count). The lowest BCUT2D eigenvalue weighted by Crippen LogP contribution is -2.11. The van der Waals surface area contributed by atoms with Crippen LogP contribution in [0.25, 0.3) is 22.6 Å². The molecule has 0 aliphatic heterocycles. The molecule has 0 aliphatic rings. The van der Waals surface area contributed by atoms with E-state index in [0.717, 1.165) is 10.0 Å². The Hall–Kier alpha value is -3.45. The fraction of sp³-hybridized carbons (Fsp3) is 0.0455. The number of rotatable bonds is 4. The average molecular weight is 451 g/mol. The Kier molecular flexibility index (Phi) is 5.14. The van der Waals surface area contributed by atoms with Gasteiger partial charge in [-0.15, -0.1) is 0 Å². The maximum atomic E-state index is 12.5. The highest BCUT2D eigenvalue weighted by Crippen LogP contribution is 2.27. The number of nitrogens with one attached hydrogen (secondary N) is 1. The van der Waals surface area contributed by atoms with E-state index in [2.05, 4.69) is 26.2 Å². The van der Waals surface area contributed by atoms with E-state index in [0.29, 0.717) is 34.0 Å². The Morgan fingerprint density at radius 1 is 1.00 bits per heavy atom. The lowest BCUT2D eigenvalue weighted by atomic mass is 10.2. The molecule has 3 aromatic carbocycles. The summed E-state index contributed by atoms with van der Waals surface area (Å²) < 4.78 is 11.8. The van der Waals surface area contributed by atoms with Gasteiger partial charge in [0.25, 0.3) is 5.91 Å². The van der Waals surface area contributed by atoms with Crippen LogP contribution < -0.4 is 10.1 Å². The fourth-order valence-corrected chi connectivity index (χ4v) is 3.03. The smallest absolute Gasteiger partial charge is 0.308 e. The second-order valence-electron chi connectivity index (χ2n) is 6.28. The van der Waals surface area contributed by atoms with E-state index < -0.39 is 5.97 Å². The minimum atomic E-state index is -0.412. The van der Waals surface area contributed by atoms with E-state index in [-0.39, 0.29) is 5.91 Å². The summed E-state index contributed by atoms with van der Waals surface area (Å²) in [4.78, 5) is 27.9. The van der Waals surface area contributed by atoms with Crippen LogP contribution in [-0.2, 0) is 4.79 Å². The molecule has 0 bridgehead atoms. The van der Waals surface area contributed by atoms with E-state index in [1.807, 2.05) is 24.3 Å². The fourth-order valence-electron chi connectivity index (χ4n) is 2.76. The Bertz CT molecular complexity index is 1200. The van der Waals surface area contributed by atoms with Crippen molar-refractivity contribution in [2.75, 3.05) is 5.32 Å². The lowest BCUT2D eigenvalue weighted by molar-refractivity contribution is -0.131. The number of benzene rings is 3. The molecule has 0 atom stereocenters. The van der Waals surface area contributed by atoms with Crippen molar-refractivity contribution in [1.29, 1.82) is 0 Å². The van der Waals surface area contributed by atoms with Gasteiger partial charge in [0.15, 0.2) is 5.58 Å². The van der Waals surface area contributed by atoms with Crippen molar-refractivity contribution in [1.82, 2.24) is 4.98 Å². The Morgan fingerprint density at radius 3 is 2.41 bits per heavy atom. The van der Waals surface area contributed by atoms with Gasteiger partial charge in [-0.25, -0.2) is 4.98 Å². The van der Waals surface area contributed by atoms with Gasteiger partial charge < -0.3 is 14.5 Å². The van der Waals surface area contributed by atoms with Gasteiger partial charge in [-0.3, -0.25) is 9.59 Å². The number of carbonyl (C=O) groups excluding carboxylic acids is 2. The van der Waals surface area contributed by atoms with Crippen LogP contribution in [-0.4, -0.2) is 16.9 Å². The van der Waals surface area contributed by atoms with Gasteiger partial charge in [0.05, 0.1) is 0 Å². The highest BCUT2D eigenvalue weighted by Gasteiger charge is 2.11. The molecular formula is C22H15BrN2O4. The number of carbonyl (C=O) groups is 2. The van der Waals surface area contributed by atoms with Gasteiger partial charge in [0, 0.05) is 34.3 Å². The molecule has 0 fully saturated rings. The summed E-state index contributed by atoms with van der Waals surface area (Å²) in [5, 5.41) is 2.83. The summed E-state index contributed by atoms with van der Waals surface area (Å²) in [7, 11) is 0. The van der Waals surface area contributed by atoms with Crippen molar-refractivity contribution in [2.24, 2.45) is 0 Å². The van der Waals surface area contributed by atoms with Gasteiger partial charge >= 0.3 is 5.97 Å². The normalized spacial score (nSPS) is 10.7. The van der Waals surface area contributed by atoms with Crippen molar-refractivity contribution in [3.8, 4) is 17.2 Å². The van der Waals surface area contributed by atoms with Crippen LogP contribution >= 0.6 is 15.9 Å². The first-order chi connectivity index (χ1) is 14.0. The van der Waals surface area contributed by atoms with Crippen molar-refractivity contribution in [3.63, 3.8) is 0 Å². The van der Waals surface area contributed by atoms with Crippen LogP contribution in [0.2, 0.25) is 0 Å². The number of amides is 1. The van der Waals surface area contributed by atoms with Gasteiger partial charge in [0.1, 0.15) is 11.3 Å². The minimum Gasteiger partial charge on any atom is -0.436 e. The molecule has 0 saturated heterocycles. The summed E-state index contributed by atoms with van der Waals surface area (Å²) in [5.41, 5.74) is 3.17. The minimum absolute atomic E-state index is 0.286. The maximum Gasteiger partial charge on any atom is 0.308 e. The topological polar surface area (TPSA) is 81.4 Å². The van der Waals surface area contributed by atoms with Gasteiger partial charge in [-0.05, 0) is 60.7 Å². The number of ether oxygens (including phenoxy) is 1. The Balaban J connectivity index is 1.52. The quantitative estimate of drug-likeness (QED) is 0.330. The number of nitrogens with zero attached hydrogens (tertiary/aromatic N) is 1. The number of halogens is 1. The summed E-state index contributed by atoms with van der Waals surface area (Å²) in [5.74, 6) is 0.200. The molecule has 0 saturated carbocycles. The third-order valence-corrected chi connectivity index (χ3v) is 4.64. The molecule has 1 amide bonds. The Labute approximate surface area is 174 Å². The molecule has 0 aliphatic carbocycles. The zero-order valence-electron chi connectivity index (χ0n) is 15.3. The van der Waals surface area contributed by atoms with Crippen LogP contribution in [0, 0.1) is 0 Å². The van der Waals surface area contributed by atoms with E-state index in [9.17, 15) is 9.59 Å². The van der Waals surface area contributed by atoms with Gasteiger partial charge in [0.2, 0.25) is 5.89 Å². The zero-order chi connectivity index (χ0) is 20.4. The average Bonchev–Trinajstić information content (AvgIpc) is 3.12. The summed E-state index contributed by atoms with van der Waals surface area (Å²) in [6.07, 6.45) is 0. The van der Waals surface area contributed by atoms with Crippen LogP contribution in [0.4, 0.5) is 5.69 Å². The third-order valence-electron chi connectivity index (χ3n) is 4.12. The maximum absolute atomic E-state index is 12.5. The van der Waals surface area contributed by atoms with Crippen LogP contribution in [0.1, 0.15) is 17.3 Å². The standard InChI is InChI=1S/C22H15BrN2O4/c1-13(26)28-18-9-4-14(5-10-18)21(27)24-17-8-11-19-20(12-17)29-22(25-19)15-2-6-16(23)7-3-15/h2-12H,1H3,(H,24,27). The number of oxazole rings is 1. The van der Waals surface area contributed by atoms with Crippen molar-refractivity contribution in [2.45, 2.75) is 6.92 Å². The zero-order valence-corrected chi connectivity index (χ0v) is 16.9. The van der Waals surface area contributed by atoms with Crippen LogP contribution in [0.5, 0.6) is 5.75 Å². The first-order valence-corrected chi connectivity index (χ1v) is 9.53. The highest BCUT2D eigenvalue weighted by molar-refractivity contribution is 9.10. The summed E-state index contributed by atoms with van der Waals surface area (Å²) in [6.45, 7) is 1.32. The predicted octanol–water partition coefficient (Wildman–Crippen LogP) is 5.43. The molecule has 0 spiro atoms. The molecule has 1 N–H and O–H groups in total. The van der Waals surface area contributed by atoms with E-state index in [1.165, 1.54) is 6.92 Å². The first kappa shape index (κ1) is 18.9. The number of esters is 1. The molecule has 6 nitrogen and oxygen atoms in total. The van der Waals surface area contributed by atoms with Gasteiger partial charge in [-0.2, -0.15) is 0 Å². The molecule has 7 heteroatoms. The van der Waals surface area contributed by atoms with Crippen LogP contribution in [0.3, 0.4) is 0 Å². The molecule has 0 unspecified atom stereocenters. The SMILES string of the molecule is CC(=O)Oc1ccc(C(=O)Nc2ccc3nc(-c4ccc(Br)cc4)oc3c2)cc1.